The fourth-order valence-corrected chi connectivity index (χ4v) is 4.51. The topological polar surface area (TPSA) is 79.7 Å². The number of hydrogen-bond donors (Lipinski definition) is 1. The van der Waals surface area contributed by atoms with Crippen LogP contribution in [0.2, 0.25) is 0 Å². The molecule has 0 aliphatic heterocycles. The number of benzene rings is 2. The Hall–Kier alpha value is -3.88. The van der Waals surface area contributed by atoms with Crippen molar-refractivity contribution < 1.29 is 32.6 Å². The Kier molecular flexibility index (Phi) is 8.11. The predicted octanol–water partition coefficient (Wildman–Crippen LogP) is 6.50. The molecule has 1 amide bonds. The lowest BCUT2D eigenvalue weighted by Crippen LogP contribution is -2.41. The molecule has 1 aliphatic carbocycles. The third-order valence-electron chi connectivity index (χ3n) is 6.48. The van der Waals surface area contributed by atoms with E-state index in [1.54, 1.807) is 36.5 Å². The number of carbonyl (C=O) groups excluding carboxylic acids is 1. The van der Waals surface area contributed by atoms with Crippen LogP contribution in [0, 0.1) is 0 Å². The summed E-state index contributed by atoms with van der Waals surface area (Å²) in [5.74, 6) is -3.14. The SMILES string of the molecule is O=C(O)c1ccc(N(Cc2ccc(C3CCCCC3)cn2)C(=O)C(F)(F)F)cc1OCc1ccccc1. The molecule has 1 aliphatic rings. The number of hydrogen-bond acceptors (Lipinski definition) is 4. The van der Waals surface area contributed by atoms with Crippen molar-refractivity contribution in [3.8, 4) is 5.75 Å². The molecule has 1 saturated carbocycles. The van der Waals surface area contributed by atoms with Gasteiger partial charge in [0.2, 0.25) is 0 Å². The Morgan fingerprint density at radius 1 is 1.00 bits per heavy atom. The minimum absolute atomic E-state index is 0.00196. The fourth-order valence-electron chi connectivity index (χ4n) is 4.51. The van der Waals surface area contributed by atoms with Crippen LogP contribution in [0.3, 0.4) is 0 Å². The maximum absolute atomic E-state index is 13.5. The summed E-state index contributed by atoms with van der Waals surface area (Å²) in [6, 6.07) is 15.9. The molecule has 0 radical (unpaired) electrons. The number of aromatic nitrogens is 1. The molecule has 9 heteroatoms. The molecule has 4 rings (SSSR count). The molecule has 37 heavy (non-hydrogen) atoms. The first-order valence-electron chi connectivity index (χ1n) is 12.1. The van der Waals surface area contributed by atoms with Crippen molar-refractivity contribution in [1.82, 2.24) is 4.98 Å². The highest BCUT2D eigenvalue weighted by molar-refractivity contribution is 5.98. The average molecular weight is 513 g/mol. The summed E-state index contributed by atoms with van der Waals surface area (Å²) in [5.41, 5.74) is 1.70. The molecule has 1 N–H and O–H groups in total. The molecule has 1 fully saturated rings. The maximum Gasteiger partial charge on any atom is 0.471 e. The number of carbonyl (C=O) groups is 2. The van der Waals surface area contributed by atoms with Crippen molar-refractivity contribution in [3.05, 3.63) is 89.2 Å². The lowest BCUT2D eigenvalue weighted by molar-refractivity contribution is -0.170. The number of nitrogens with zero attached hydrogens (tertiary/aromatic N) is 2. The molecule has 0 bridgehead atoms. The summed E-state index contributed by atoms with van der Waals surface area (Å²) in [6.45, 7) is -0.435. The zero-order chi connectivity index (χ0) is 26.4. The number of aromatic carboxylic acids is 1. The van der Waals surface area contributed by atoms with Gasteiger partial charge in [0.15, 0.2) is 0 Å². The number of halogens is 3. The van der Waals surface area contributed by atoms with Crippen LogP contribution in [-0.4, -0.2) is 28.1 Å². The Morgan fingerprint density at radius 3 is 2.35 bits per heavy atom. The van der Waals surface area contributed by atoms with Crippen molar-refractivity contribution in [3.63, 3.8) is 0 Å². The first-order valence-corrected chi connectivity index (χ1v) is 12.1. The summed E-state index contributed by atoms with van der Waals surface area (Å²) in [5, 5.41) is 9.55. The smallest absolute Gasteiger partial charge is 0.471 e. The van der Waals surface area contributed by atoms with Crippen LogP contribution in [0.4, 0.5) is 18.9 Å². The van der Waals surface area contributed by atoms with E-state index in [-0.39, 0.29) is 29.3 Å². The van der Waals surface area contributed by atoms with Gasteiger partial charge in [0, 0.05) is 18.0 Å². The maximum atomic E-state index is 13.5. The summed E-state index contributed by atoms with van der Waals surface area (Å²) in [4.78, 5) is 29.0. The normalized spacial score (nSPS) is 14.2. The van der Waals surface area contributed by atoms with E-state index in [1.165, 1.54) is 12.5 Å². The number of rotatable bonds is 8. The minimum atomic E-state index is -5.14. The third kappa shape index (κ3) is 6.67. The van der Waals surface area contributed by atoms with Gasteiger partial charge in [0.05, 0.1) is 12.2 Å². The van der Waals surface area contributed by atoms with E-state index in [2.05, 4.69) is 4.98 Å². The molecule has 3 aromatic rings. The van der Waals surface area contributed by atoms with Crippen molar-refractivity contribution in [2.45, 2.75) is 57.3 Å². The lowest BCUT2D eigenvalue weighted by Gasteiger charge is -2.25. The second kappa shape index (κ2) is 11.5. The quantitative estimate of drug-likeness (QED) is 0.373. The summed E-state index contributed by atoms with van der Waals surface area (Å²) in [7, 11) is 0. The number of ether oxygens (including phenoxy) is 1. The lowest BCUT2D eigenvalue weighted by atomic mass is 9.85. The van der Waals surface area contributed by atoms with Crippen LogP contribution < -0.4 is 9.64 Å². The van der Waals surface area contributed by atoms with Crippen LogP contribution in [0.1, 0.15) is 65.2 Å². The standard InChI is InChI=1S/C28H27F3N2O4/c29-28(30,31)27(36)33(17-22-12-11-21(16-32-22)20-9-5-2-6-10-20)23-13-14-24(26(34)35)25(15-23)37-18-19-7-3-1-4-8-19/h1,3-4,7-8,11-16,20H,2,5-6,9-10,17-18H2,(H,34,35). The predicted molar refractivity (Wildman–Crippen MR) is 131 cm³/mol. The molecule has 0 atom stereocenters. The Morgan fingerprint density at radius 2 is 1.73 bits per heavy atom. The number of pyridine rings is 1. The Bertz CT molecular complexity index is 1220. The van der Waals surface area contributed by atoms with Gasteiger partial charge in [-0.1, -0.05) is 55.7 Å². The number of carboxylic acids is 1. The average Bonchev–Trinajstić information content (AvgIpc) is 2.91. The van der Waals surface area contributed by atoms with Crippen molar-refractivity contribution in [1.29, 1.82) is 0 Å². The largest absolute Gasteiger partial charge is 0.488 e. The molecule has 1 heterocycles. The number of carboxylic acid groups (broad SMARTS) is 1. The number of amides is 1. The van der Waals surface area contributed by atoms with Gasteiger partial charge in [-0.2, -0.15) is 13.2 Å². The highest BCUT2D eigenvalue weighted by atomic mass is 19.4. The molecule has 194 valence electrons. The molecule has 0 unspecified atom stereocenters. The molecular weight excluding hydrogens is 485 g/mol. The van der Waals surface area contributed by atoms with E-state index in [0.29, 0.717) is 10.8 Å². The number of anilines is 1. The third-order valence-corrected chi connectivity index (χ3v) is 6.48. The second-order valence-corrected chi connectivity index (χ2v) is 9.07. The molecule has 0 spiro atoms. The Balaban J connectivity index is 1.62. The van der Waals surface area contributed by atoms with Gasteiger partial charge in [0.25, 0.3) is 0 Å². The molecule has 0 saturated heterocycles. The van der Waals surface area contributed by atoms with Gasteiger partial charge in [0.1, 0.15) is 17.9 Å². The van der Waals surface area contributed by atoms with Gasteiger partial charge in [-0.05, 0) is 48.1 Å². The van der Waals surface area contributed by atoms with E-state index >= 15 is 0 Å². The summed E-state index contributed by atoms with van der Waals surface area (Å²) in [6.07, 6.45) is 2.13. The van der Waals surface area contributed by atoms with E-state index in [0.717, 1.165) is 48.9 Å². The van der Waals surface area contributed by atoms with Crippen LogP contribution in [0.5, 0.6) is 5.75 Å². The van der Waals surface area contributed by atoms with Gasteiger partial charge >= 0.3 is 18.1 Å². The molecular formula is C28H27F3N2O4. The van der Waals surface area contributed by atoms with Gasteiger partial charge < -0.3 is 9.84 Å². The highest BCUT2D eigenvalue weighted by Crippen LogP contribution is 2.33. The fraction of sp³-hybridized carbons (Fsp3) is 0.321. The van der Waals surface area contributed by atoms with Crippen molar-refractivity contribution >= 4 is 17.6 Å². The molecule has 1 aromatic heterocycles. The summed E-state index contributed by atoms with van der Waals surface area (Å²) < 4.78 is 46.3. The van der Waals surface area contributed by atoms with Gasteiger partial charge in [-0.3, -0.25) is 14.7 Å². The first kappa shape index (κ1) is 26.2. The number of alkyl halides is 3. The van der Waals surface area contributed by atoms with Crippen LogP contribution in [0.15, 0.2) is 66.9 Å². The first-order chi connectivity index (χ1) is 17.7. The van der Waals surface area contributed by atoms with Crippen LogP contribution in [0.25, 0.3) is 0 Å². The van der Waals surface area contributed by atoms with Crippen LogP contribution in [-0.2, 0) is 17.9 Å². The van der Waals surface area contributed by atoms with Crippen molar-refractivity contribution in [2.24, 2.45) is 0 Å². The van der Waals surface area contributed by atoms with Gasteiger partial charge in [-0.25, -0.2) is 4.79 Å². The van der Waals surface area contributed by atoms with E-state index in [4.69, 9.17) is 4.74 Å². The zero-order valence-corrected chi connectivity index (χ0v) is 20.1. The Labute approximate surface area is 212 Å². The monoisotopic (exact) mass is 512 g/mol. The highest BCUT2D eigenvalue weighted by Gasteiger charge is 2.43. The molecule has 6 nitrogen and oxygen atoms in total. The van der Waals surface area contributed by atoms with E-state index in [9.17, 15) is 27.9 Å². The summed E-state index contributed by atoms with van der Waals surface area (Å²) >= 11 is 0. The minimum Gasteiger partial charge on any atom is -0.488 e. The van der Waals surface area contributed by atoms with E-state index < -0.39 is 24.6 Å². The van der Waals surface area contributed by atoms with Crippen LogP contribution >= 0.6 is 0 Å². The molecule has 2 aromatic carbocycles. The van der Waals surface area contributed by atoms with Gasteiger partial charge in [-0.15, -0.1) is 0 Å². The second-order valence-electron chi connectivity index (χ2n) is 9.07. The zero-order valence-electron chi connectivity index (χ0n) is 20.1. The van der Waals surface area contributed by atoms with E-state index in [1.807, 2.05) is 12.1 Å². The van der Waals surface area contributed by atoms with Crippen molar-refractivity contribution in [2.75, 3.05) is 4.90 Å².